The number of halogens is 2. The van der Waals surface area contributed by atoms with Gasteiger partial charge in [-0.05, 0) is 59.1 Å². The van der Waals surface area contributed by atoms with Gasteiger partial charge in [-0.3, -0.25) is 0 Å². The third-order valence-electron chi connectivity index (χ3n) is 3.34. The Hall–Kier alpha value is -1.23. The Morgan fingerprint density at radius 2 is 1.83 bits per heavy atom. The standard InChI is InChI=1S/C18H22BrNO2.ClH/c1-3-22-18-16(19)11-15(12-17(18)21-2)13-20-10-9-14-7-5-4-6-8-14;/h4-8,11-12,20H,3,9-10,13H2,1-2H3;1H. The zero-order valence-electron chi connectivity index (χ0n) is 13.5. The SMILES string of the molecule is CCOc1c(Br)cc(CNCCc2ccccc2)cc1OC.Cl. The van der Waals surface area contributed by atoms with Gasteiger partial charge in [0.15, 0.2) is 11.5 Å². The minimum atomic E-state index is 0. The summed E-state index contributed by atoms with van der Waals surface area (Å²) in [6.07, 6.45) is 1.02. The lowest BCUT2D eigenvalue weighted by atomic mass is 10.1. The fourth-order valence-electron chi connectivity index (χ4n) is 2.27. The van der Waals surface area contributed by atoms with E-state index in [0.717, 1.165) is 35.5 Å². The Morgan fingerprint density at radius 3 is 2.48 bits per heavy atom. The van der Waals surface area contributed by atoms with Crippen LogP contribution in [-0.2, 0) is 13.0 Å². The van der Waals surface area contributed by atoms with Crippen molar-refractivity contribution in [1.29, 1.82) is 0 Å². The number of hydrogen-bond donors (Lipinski definition) is 1. The molecule has 23 heavy (non-hydrogen) atoms. The zero-order valence-corrected chi connectivity index (χ0v) is 15.9. The molecule has 0 atom stereocenters. The van der Waals surface area contributed by atoms with E-state index in [1.807, 2.05) is 19.1 Å². The Morgan fingerprint density at radius 1 is 1.09 bits per heavy atom. The van der Waals surface area contributed by atoms with Crippen LogP contribution in [0, 0.1) is 0 Å². The highest BCUT2D eigenvalue weighted by Gasteiger charge is 2.10. The van der Waals surface area contributed by atoms with Gasteiger partial charge in [-0.15, -0.1) is 12.4 Å². The molecule has 126 valence electrons. The van der Waals surface area contributed by atoms with Crippen LogP contribution in [0.15, 0.2) is 46.9 Å². The molecule has 0 heterocycles. The molecule has 0 fully saturated rings. The van der Waals surface area contributed by atoms with Gasteiger partial charge in [-0.25, -0.2) is 0 Å². The van der Waals surface area contributed by atoms with Gasteiger partial charge in [0.05, 0.1) is 18.2 Å². The van der Waals surface area contributed by atoms with Gasteiger partial charge in [0, 0.05) is 6.54 Å². The van der Waals surface area contributed by atoms with E-state index in [4.69, 9.17) is 9.47 Å². The maximum atomic E-state index is 5.60. The quantitative estimate of drug-likeness (QED) is 0.656. The van der Waals surface area contributed by atoms with Crippen LogP contribution < -0.4 is 14.8 Å². The molecule has 1 N–H and O–H groups in total. The average molecular weight is 401 g/mol. The van der Waals surface area contributed by atoms with Crippen molar-refractivity contribution in [2.75, 3.05) is 20.3 Å². The second-order valence-electron chi connectivity index (χ2n) is 4.95. The Bertz CT molecular complexity index is 593. The van der Waals surface area contributed by atoms with Crippen LogP contribution in [0.5, 0.6) is 11.5 Å². The summed E-state index contributed by atoms with van der Waals surface area (Å²) in [5.41, 5.74) is 2.51. The topological polar surface area (TPSA) is 30.5 Å². The van der Waals surface area contributed by atoms with Gasteiger partial charge in [0.1, 0.15) is 0 Å². The smallest absolute Gasteiger partial charge is 0.175 e. The molecule has 2 rings (SSSR count). The molecule has 0 aliphatic carbocycles. The normalized spacial score (nSPS) is 10.0. The third-order valence-corrected chi connectivity index (χ3v) is 3.93. The highest BCUT2D eigenvalue weighted by atomic mass is 79.9. The minimum Gasteiger partial charge on any atom is -0.493 e. The fraction of sp³-hybridized carbons (Fsp3) is 0.333. The van der Waals surface area contributed by atoms with Crippen LogP contribution in [0.1, 0.15) is 18.1 Å². The minimum absolute atomic E-state index is 0. The first kappa shape index (κ1) is 19.8. The molecule has 0 aromatic heterocycles. The predicted molar refractivity (Wildman–Crippen MR) is 101 cm³/mol. The third kappa shape index (κ3) is 6.05. The highest BCUT2D eigenvalue weighted by molar-refractivity contribution is 9.10. The summed E-state index contributed by atoms with van der Waals surface area (Å²) in [4.78, 5) is 0. The van der Waals surface area contributed by atoms with E-state index in [-0.39, 0.29) is 12.4 Å². The van der Waals surface area contributed by atoms with E-state index in [0.29, 0.717) is 6.61 Å². The van der Waals surface area contributed by atoms with Gasteiger partial charge < -0.3 is 14.8 Å². The molecule has 3 nitrogen and oxygen atoms in total. The van der Waals surface area contributed by atoms with Gasteiger partial charge in [-0.2, -0.15) is 0 Å². The zero-order chi connectivity index (χ0) is 15.8. The number of nitrogens with one attached hydrogen (secondary N) is 1. The van der Waals surface area contributed by atoms with Crippen molar-refractivity contribution in [3.63, 3.8) is 0 Å². The summed E-state index contributed by atoms with van der Waals surface area (Å²) in [6.45, 7) is 4.32. The first-order chi connectivity index (χ1) is 10.7. The van der Waals surface area contributed by atoms with Crippen molar-refractivity contribution < 1.29 is 9.47 Å². The molecular formula is C18H23BrClNO2. The molecule has 0 aliphatic rings. The van der Waals surface area contributed by atoms with Crippen LogP contribution >= 0.6 is 28.3 Å². The van der Waals surface area contributed by atoms with Crippen molar-refractivity contribution in [2.24, 2.45) is 0 Å². The first-order valence-electron chi connectivity index (χ1n) is 7.48. The van der Waals surface area contributed by atoms with Gasteiger partial charge in [-0.1, -0.05) is 30.3 Å². The van der Waals surface area contributed by atoms with E-state index < -0.39 is 0 Å². The monoisotopic (exact) mass is 399 g/mol. The number of rotatable bonds is 8. The number of ether oxygens (including phenoxy) is 2. The maximum Gasteiger partial charge on any atom is 0.175 e. The van der Waals surface area contributed by atoms with Crippen LogP contribution in [0.3, 0.4) is 0 Å². The Balaban J connectivity index is 0.00000264. The number of benzene rings is 2. The van der Waals surface area contributed by atoms with Crippen molar-refractivity contribution in [3.05, 3.63) is 58.1 Å². The van der Waals surface area contributed by atoms with Crippen LogP contribution in [0.4, 0.5) is 0 Å². The van der Waals surface area contributed by atoms with Gasteiger partial charge in [0.25, 0.3) is 0 Å². The second kappa shape index (κ2) is 10.5. The lowest BCUT2D eigenvalue weighted by Gasteiger charge is -2.13. The van der Waals surface area contributed by atoms with Crippen LogP contribution in [0.2, 0.25) is 0 Å². The van der Waals surface area contributed by atoms with Crippen molar-refractivity contribution in [1.82, 2.24) is 5.32 Å². The molecule has 0 aliphatic heterocycles. The second-order valence-corrected chi connectivity index (χ2v) is 5.81. The molecule has 2 aromatic carbocycles. The van der Waals surface area contributed by atoms with Gasteiger partial charge in [0.2, 0.25) is 0 Å². The van der Waals surface area contributed by atoms with Crippen molar-refractivity contribution in [2.45, 2.75) is 19.9 Å². The molecule has 0 bridgehead atoms. The summed E-state index contributed by atoms with van der Waals surface area (Å²) >= 11 is 3.55. The highest BCUT2D eigenvalue weighted by Crippen LogP contribution is 2.36. The predicted octanol–water partition coefficient (Wildman–Crippen LogP) is 4.61. The van der Waals surface area contributed by atoms with E-state index in [9.17, 15) is 0 Å². The molecule has 0 spiro atoms. The Labute approximate surface area is 152 Å². The lowest BCUT2D eigenvalue weighted by molar-refractivity contribution is 0.308. The molecule has 0 radical (unpaired) electrons. The first-order valence-corrected chi connectivity index (χ1v) is 8.27. The van der Waals surface area contributed by atoms with Crippen molar-refractivity contribution in [3.8, 4) is 11.5 Å². The Kier molecular flexibility index (Phi) is 9.07. The lowest BCUT2D eigenvalue weighted by Crippen LogP contribution is -2.16. The molecule has 0 unspecified atom stereocenters. The molecule has 5 heteroatoms. The number of methoxy groups -OCH3 is 1. The fourth-order valence-corrected chi connectivity index (χ4v) is 2.87. The van der Waals surface area contributed by atoms with Crippen molar-refractivity contribution >= 4 is 28.3 Å². The summed E-state index contributed by atoms with van der Waals surface area (Å²) in [6, 6.07) is 14.6. The van der Waals surface area contributed by atoms with Crippen LogP contribution in [0.25, 0.3) is 0 Å². The van der Waals surface area contributed by atoms with E-state index in [2.05, 4.69) is 51.6 Å². The van der Waals surface area contributed by atoms with Gasteiger partial charge >= 0.3 is 0 Å². The summed E-state index contributed by atoms with van der Waals surface area (Å²) in [5.74, 6) is 1.52. The molecule has 0 amide bonds. The number of hydrogen-bond acceptors (Lipinski definition) is 3. The molecular weight excluding hydrogens is 378 g/mol. The summed E-state index contributed by atoms with van der Waals surface area (Å²) in [7, 11) is 1.66. The van der Waals surface area contributed by atoms with E-state index in [1.165, 1.54) is 11.1 Å². The molecule has 0 saturated carbocycles. The molecule has 2 aromatic rings. The average Bonchev–Trinajstić information content (AvgIpc) is 2.55. The molecule has 0 saturated heterocycles. The summed E-state index contributed by atoms with van der Waals surface area (Å²) in [5, 5.41) is 3.46. The summed E-state index contributed by atoms with van der Waals surface area (Å²) < 4.78 is 11.9. The van der Waals surface area contributed by atoms with E-state index >= 15 is 0 Å². The largest absolute Gasteiger partial charge is 0.493 e. The van der Waals surface area contributed by atoms with Crippen LogP contribution in [-0.4, -0.2) is 20.3 Å². The maximum absolute atomic E-state index is 5.60. The van der Waals surface area contributed by atoms with E-state index in [1.54, 1.807) is 7.11 Å².